The smallest absolute Gasteiger partial charge is 0.488 e. The molecule has 3 N–H and O–H groups in total. The Morgan fingerprint density at radius 2 is 1.77 bits per heavy atom. The molecule has 0 unspecified atom stereocenters. The van der Waals surface area contributed by atoms with Crippen molar-refractivity contribution in [1.29, 1.82) is 0 Å². The van der Waals surface area contributed by atoms with Crippen LogP contribution >= 0.6 is 0 Å². The van der Waals surface area contributed by atoms with Crippen molar-refractivity contribution >= 4 is 41.6 Å². The highest BCUT2D eigenvalue weighted by Crippen LogP contribution is 2.55. The third-order valence-electron chi connectivity index (χ3n) is 8.53. The van der Waals surface area contributed by atoms with Crippen molar-refractivity contribution in [3.05, 3.63) is 82.5 Å². The van der Waals surface area contributed by atoms with Crippen LogP contribution in [0, 0.1) is 17.8 Å². The molecule has 0 radical (unpaired) electrons. The zero-order valence-electron chi connectivity index (χ0n) is 21.8. The van der Waals surface area contributed by atoms with Gasteiger partial charge in [-0.1, -0.05) is 29.8 Å². The molecule has 2 aromatic carbocycles. The first-order valence-electron chi connectivity index (χ1n) is 13.0. The quantitative estimate of drug-likeness (QED) is 0.231. The Bertz CT molecular complexity index is 1600. The van der Waals surface area contributed by atoms with Crippen molar-refractivity contribution < 1.29 is 39.1 Å². The summed E-state index contributed by atoms with van der Waals surface area (Å²) in [5.74, 6) is -3.82. The lowest BCUT2D eigenvalue weighted by atomic mass is 9.59. The molecule has 2 aromatic rings. The zero-order valence-corrected chi connectivity index (χ0v) is 21.8. The molecule has 10 heteroatoms. The van der Waals surface area contributed by atoms with Gasteiger partial charge in [0, 0.05) is 22.6 Å². The fourth-order valence-corrected chi connectivity index (χ4v) is 6.71. The van der Waals surface area contributed by atoms with E-state index in [0.717, 1.165) is 10.5 Å². The summed E-state index contributed by atoms with van der Waals surface area (Å²) < 4.78 is 5.31. The standard InChI is InChI=1S/C30H26BNO8/c1-14-10-23(34)27-21(28(14)35)13-20-18(25(27)15-6-9-22(33)24(11-15)40-2)7-8-19-26(20)30(37)32(29(19)36)17-5-3-4-16(12-17)31(38)39/h3-7,9-12,19-20,25-26,33,38-39H,8,13H2,1-2H3/t19-,20+,25-,26-/m0/s1. The van der Waals surface area contributed by atoms with Gasteiger partial charge in [-0.25, -0.2) is 0 Å². The summed E-state index contributed by atoms with van der Waals surface area (Å²) in [6.07, 6.45) is 3.66. The van der Waals surface area contributed by atoms with Crippen LogP contribution in [0.4, 0.5) is 5.69 Å². The molecule has 40 heavy (non-hydrogen) atoms. The highest BCUT2D eigenvalue weighted by atomic mass is 16.5. The molecule has 3 aliphatic carbocycles. The van der Waals surface area contributed by atoms with E-state index in [2.05, 4.69) is 0 Å². The largest absolute Gasteiger partial charge is 0.504 e. The number of amides is 2. The lowest BCUT2D eigenvalue weighted by Crippen LogP contribution is -2.40. The van der Waals surface area contributed by atoms with Crippen LogP contribution in [-0.4, -0.2) is 52.8 Å². The fourth-order valence-electron chi connectivity index (χ4n) is 6.71. The molecule has 9 nitrogen and oxygen atoms in total. The lowest BCUT2D eigenvalue weighted by molar-refractivity contribution is -0.123. The second-order valence-electron chi connectivity index (χ2n) is 10.6. The summed E-state index contributed by atoms with van der Waals surface area (Å²) >= 11 is 0. The Hall–Kier alpha value is -4.28. The lowest BCUT2D eigenvalue weighted by Gasteiger charge is -2.42. The summed E-state index contributed by atoms with van der Waals surface area (Å²) in [7, 11) is -0.345. The number of anilines is 1. The Kier molecular flexibility index (Phi) is 6.12. The molecular weight excluding hydrogens is 513 g/mol. The van der Waals surface area contributed by atoms with Gasteiger partial charge in [-0.2, -0.15) is 0 Å². The molecule has 0 aromatic heterocycles. The van der Waals surface area contributed by atoms with Gasteiger partial charge in [0.1, 0.15) is 0 Å². The number of rotatable bonds is 4. The average molecular weight is 539 g/mol. The van der Waals surface area contributed by atoms with Gasteiger partial charge in [-0.15, -0.1) is 0 Å². The van der Waals surface area contributed by atoms with Crippen molar-refractivity contribution in [2.45, 2.75) is 25.7 Å². The van der Waals surface area contributed by atoms with Gasteiger partial charge >= 0.3 is 7.12 Å². The summed E-state index contributed by atoms with van der Waals surface area (Å²) in [6.45, 7) is 1.59. The van der Waals surface area contributed by atoms with Crippen molar-refractivity contribution in [1.82, 2.24) is 0 Å². The van der Waals surface area contributed by atoms with Crippen molar-refractivity contribution in [2.75, 3.05) is 12.0 Å². The molecule has 2 amide bonds. The van der Waals surface area contributed by atoms with E-state index in [1.165, 1.54) is 31.4 Å². The van der Waals surface area contributed by atoms with E-state index in [9.17, 15) is 34.3 Å². The number of carbonyl (C=O) groups is 4. The molecule has 4 atom stereocenters. The molecule has 202 valence electrons. The van der Waals surface area contributed by atoms with Crippen LogP contribution in [0.25, 0.3) is 0 Å². The van der Waals surface area contributed by atoms with Crippen molar-refractivity contribution in [3.8, 4) is 11.5 Å². The number of ether oxygens (including phenoxy) is 1. The third kappa shape index (κ3) is 3.78. The van der Waals surface area contributed by atoms with Gasteiger partial charge in [-0.3, -0.25) is 24.1 Å². The molecule has 1 saturated heterocycles. The second kappa shape index (κ2) is 9.43. The molecular formula is C30H26BNO8. The predicted octanol–water partition coefficient (Wildman–Crippen LogP) is 1.71. The zero-order chi connectivity index (χ0) is 28.5. The molecule has 0 saturated carbocycles. The second-order valence-corrected chi connectivity index (χ2v) is 10.6. The SMILES string of the molecule is COc1cc([C@H]2C3=CC[C@@H]4C(=O)N(c5cccc(B(O)O)c5)C(=O)[C@@H]4[C@@H]3CC3=C2C(=O)C=C(C)C3=O)ccc1O. The van der Waals surface area contributed by atoms with Gasteiger partial charge in [0.25, 0.3) is 0 Å². The average Bonchev–Trinajstić information content (AvgIpc) is 3.20. The number of ketones is 2. The fraction of sp³-hybridized carbons (Fsp3) is 0.267. The Balaban J connectivity index is 1.47. The monoisotopic (exact) mass is 539 g/mol. The Labute approximate surface area is 230 Å². The van der Waals surface area contributed by atoms with Crippen LogP contribution in [0.15, 0.2) is 76.9 Å². The maximum absolute atomic E-state index is 14.0. The number of phenolic OH excluding ortho intramolecular Hbond substituents is 1. The van der Waals surface area contributed by atoms with E-state index in [-0.39, 0.29) is 53.0 Å². The van der Waals surface area contributed by atoms with E-state index in [1.807, 2.05) is 6.08 Å². The summed E-state index contributed by atoms with van der Waals surface area (Å²) in [5, 5.41) is 29.4. The number of nitrogens with zero attached hydrogens (tertiary/aromatic N) is 1. The number of hydrogen-bond acceptors (Lipinski definition) is 8. The third-order valence-corrected chi connectivity index (χ3v) is 8.53. The van der Waals surface area contributed by atoms with Gasteiger partial charge in [0.2, 0.25) is 11.8 Å². The minimum atomic E-state index is -1.76. The minimum absolute atomic E-state index is 0.0743. The first-order valence-corrected chi connectivity index (χ1v) is 13.0. The summed E-state index contributed by atoms with van der Waals surface area (Å²) in [5.41, 5.74) is 2.81. The van der Waals surface area contributed by atoms with Gasteiger partial charge in [0.05, 0.1) is 24.6 Å². The van der Waals surface area contributed by atoms with Crippen molar-refractivity contribution in [3.63, 3.8) is 0 Å². The first-order chi connectivity index (χ1) is 19.1. The molecule has 1 aliphatic heterocycles. The number of allylic oxidation sites excluding steroid dienone is 6. The van der Waals surface area contributed by atoms with E-state index in [4.69, 9.17) is 4.74 Å². The van der Waals surface area contributed by atoms with E-state index < -0.39 is 36.7 Å². The van der Waals surface area contributed by atoms with E-state index in [1.54, 1.807) is 31.2 Å². The predicted molar refractivity (Wildman–Crippen MR) is 145 cm³/mol. The number of hydrogen-bond donors (Lipinski definition) is 3. The number of imide groups is 1. The Morgan fingerprint density at radius 3 is 2.50 bits per heavy atom. The maximum Gasteiger partial charge on any atom is 0.488 e. The number of Topliss-reactive ketones (excluding diaryl/α,β-unsaturated/α-hetero) is 1. The topological polar surface area (TPSA) is 141 Å². The van der Waals surface area contributed by atoms with Crippen LogP contribution in [0.2, 0.25) is 0 Å². The molecule has 0 bridgehead atoms. The van der Waals surface area contributed by atoms with Crippen LogP contribution < -0.4 is 15.1 Å². The van der Waals surface area contributed by atoms with Crippen LogP contribution in [0.1, 0.15) is 31.2 Å². The van der Waals surface area contributed by atoms with E-state index >= 15 is 0 Å². The van der Waals surface area contributed by atoms with Crippen LogP contribution in [0.5, 0.6) is 11.5 Å². The molecule has 1 heterocycles. The van der Waals surface area contributed by atoms with E-state index in [0.29, 0.717) is 22.3 Å². The van der Waals surface area contributed by atoms with Gasteiger partial charge < -0.3 is 19.9 Å². The first kappa shape index (κ1) is 26.0. The number of benzene rings is 2. The highest BCUT2D eigenvalue weighted by Gasteiger charge is 2.56. The number of carbonyl (C=O) groups excluding carboxylic acids is 4. The minimum Gasteiger partial charge on any atom is -0.504 e. The molecule has 1 fully saturated rings. The maximum atomic E-state index is 14.0. The normalized spacial score (nSPS) is 25.8. The van der Waals surface area contributed by atoms with Crippen molar-refractivity contribution in [2.24, 2.45) is 17.8 Å². The van der Waals surface area contributed by atoms with Gasteiger partial charge in [0.15, 0.2) is 23.1 Å². The van der Waals surface area contributed by atoms with Crippen LogP contribution in [0.3, 0.4) is 0 Å². The summed E-state index contributed by atoms with van der Waals surface area (Å²) in [6, 6.07) is 10.8. The number of methoxy groups -OCH3 is 1. The molecule has 6 rings (SSSR count). The molecule has 0 spiro atoms. The number of fused-ring (bicyclic) bond motifs is 3. The Morgan fingerprint density at radius 1 is 1.00 bits per heavy atom. The summed E-state index contributed by atoms with van der Waals surface area (Å²) in [4.78, 5) is 55.4. The number of aromatic hydroxyl groups is 1. The van der Waals surface area contributed by atoms with Gasteiger partial charge in [-0.05, 0) is 67.1 Å². The number of phenols is 1. The highest BCUT2D eigenvalue weighted by molar-refractivity contribution is 6.58. The molecule has 4 aliphatic rings. The van der Waals surface area contributed by atoms with Crippen LogP contribution in [-0.2, 0) is 19.2 Å².